The van der Waals surface area contributed by atoms with Gasteiger partial charge in [-0.3, -0.25) is 9.78 Å². The maximum atomic E-state index is 13.1. The van der Waals surface area contributed by atoms with E-state index in [4.69, 9.17) is 4.74 Å². The normalized spacial score (nSPS) is 10.7. The second-order valence-electron chi connectivity index (χ2n) is 5.51. The second kappa shape index (κ2) is 8.58. The number of pyridine rings is 1. The highest BCUT2D eigenvalue weighted by molar-refractivity contribution is 5.92. The summed E-state index contributed by atoms with van der Waals surface area (Å²) < 4.78 is 18.4. The first-order valence-electron chi connectivity index (χ1n) is 8.06. The third-order valence-electron chi connectivity index (χ3n) is 3.47. The molecule has 3 aromatic rings. The fourth-order valence-corrected chi connectivity index (χ4v) is 2.28. The first-order chi connectivity index (χ1) is 12.7. The summed E-state index contributed by atoms with van der Waals surface area (Å²) in [4.78, 5) is 16.2. The van der Waals surface area contributed by atoms with Crippen molar-refractivity contribution in [3.05, 3.63) is 90.0 Å². The molecule has 3 rings (SSSR count). The summed E-state index contributed by atoms with van der Waals surface area (Å²) >= 11 is 0. The molecular formula is C21H17FN2O2. The van der Waals surface area contributed by atoms with E-state index in [1.807, 2.05) is 48.6 Å². The first kappa shape index (κ1) is 17.4. The van der Waals surface area contributed by atoms with Crippen LogP contribution in [0.4, 0.5) is 10.1 Å². The maximum absolute atomic E-state index is 13.1. The lowest BCUT2D eigenvalue weighted by Gasteiger charge is -2.08. The van der Waals surface area contributed by atoms with E-state index >= 15 is 0 Å². The molecule has 130 valence electrons. The van der Waals surface area contributed by atoms with Crippen molar-refractivity contribution < 1.29 is 13.9 Å². The van der Waals surface area contributed by atoms with Crippen molar-refractivity contribution in [1.29, 1.82) is 0 Å². The van der Waals surface area contributed by atoms with Gasteiger partial charge < -0.3 is 10.1 Å². The number of hydrogen-bond acceptors (Lipinski definition) is 3. The van der Waals surface area contributed by atoms with Crippen molar-refractivity contribution in [2.45, 2.75) is 0 Å². The van der Waals surface area contributed by atoms with Gasteiger partial charge >= 0.3 is 0 Å². The summed E-state index contributed by atoms with van der Waals surface area (Å²) in [6.45, 7) is -0.197. The second-order valence-corrected chi connectivity index (χ2v) is 5.51. The van der Waals surface area contributed by atoms with Gasteiger partial charge in [-0.25, -0.2) is 4.39 Å². The number of aromatic nitrogens is 1. The van der Waals surface area contributed by atoms with Gasteiger partial charge in [-0.2, -0.15) is 0 Å². The molecule has 1 N–H and O–H groups in total. The number of nitrogens with zero attached hydrogens (tertiary/aromatic N) is 1. The highest BCUT2D eigenvalue weighted by Gasteiger charge is 2.04. The smallest absolute Gasteiger partial charge is 0.262 e. The predicted molar refractivity (Wildman–Crippen MR) is 100 cm³/mol. The van der Waals surface area contributed by atoms with Crippen LogP contribution in [0, 0.1) is 5.82 Å². The van der Waals surface area contributed by atoms with Crippen LogP contribution in [0.3, 0.4) is 0 Å². The summed E-state index contributed by atoms with van der Waals surface area (Å²) in [5.41, 5.74) is 2.44. The Bertz CT molecular complexity index is 911. The lowest BCUT2D eigenvalue weighted by Crippen LogP contribution is -2.20. The Labute approximate surface area is 151 Å². The third kappa shape index (κ3) is 5.27. The van der Waals surface area contributed by atoms with Gasteiger partial charge in [0.1, 0.15) is 11.6 Å². The van der Waals surface area contributed by atoms with Crippen molar-refractivity contribution in [2.24, 2.45) is 0 Å². The minimum atomic E-state index is -0.407. The summed E-state index contributed by atoms with van der Waals surface area (Å²) in [6, 6.07) is 18.8. The van der Waals surface area contributed by atoms with Crippen molar-refractivity contribution in [2.75, 3.05) is 11.9 Å². The average Bonchev–Trinajstić information content (AvgIpc) is 2.66. The van der Waals surface area contributed by atoms with Crippen LogP contribution < -0.4 is 10.1 Å². The van der Waals surface area contributed by atoms with E-state index in [-0.39, 0.29) is 12.5 Å². The molecular weight excluding hydrogens is 331 g/mol. The van der Waals surface area contributed by atoms with Gasteiger partial charge in [0.25, 0.3) is 5.91 Å². The topological polar surface area (TPSA) is 51.2 Å². The monoisotopic (exact) mass is 348 g/mol. The van der Waals surface area contributed by atoms with Gasteiger partial charge in [0.15, 0.2) is 6.61 Å². The molecule has 0 radical (unpaired) electrons. The van der Waals surface area contributed by atoms with Gasteiger partial charge in [-0.05, 0) is 48.0 Å². The third-order valence-corrected chi connectivity index (χ3v) is 3.47. The van der Waals surface area contributed by atoms with Crippen LogP contribution in [-0.4, -0.2) is 17.5 Å². The zero-order valence-electron chi connectivity index (χ0n) is 13.9. The largest absolute Gasteiger partial charge is 0.484 e. The van der Waals surface area contributed by atoms with E-state index in [1.54, 1.807) is 18.3 Å². The van der Waals surface area contributed by atoms with E-state index in [0.717, 1.165) is 11.3 Å². The molecule has 1 heterocycles. The fraction of sp³-hybridized carbons (Fsp3) is 0.0476. The van der Waals surface area contributed by atoms with Gasteiger partial charge in [0.2, 0.25) is 0 Å². The zero-order chi connectivity index (χ0) is 18.2. The molecule has 0 bridgehead atoms. The zero-order valence-corrected chi connectivity index (χ0v) is 13.9. The Morgan fingerprint density at radius 2 is 1.92 bits per heavy atom. The molecule has 1 amide bonds. The van der Waals surface area contributed by atoms with Crippen LogP contribution in [-0.2, 0) is 4.79 Å². The fourth-order valence-electron chi connectivity index (χ4n) is 2.28. The molecule has 26 heavy (non-hydrogen) atoms. The van der Waals surface area contributed by atoms with Crippen molar-refractivity contribution >= 4 is 23.7 Å². The molecule has 0 unspecified atom stereocenters. The number of ether oxygens (including phenoxy) is 1. The molecule has 0 aliphatic heterocycles. The van der Waals surface area contributed by atoms with Gasteiger partial charge in [-0.1, -0.05) is 30.3 Å². The number of anilines is 1. The highest BCUT2D eigenvalue weighted by atomic mass is 19.1. The van der Waals surface area contributed by atoms with Crippen molar-refractivity contribution in [3.63, 3.8) is 0 Å². The van der Waals surface area contributed by atoms with Gasteiger partial charge in [0.05, 0.1) is 5.69 Å². The Hall–Kier alpha value is -3.47. The minimum Gasteiger partial charge on any atom is -0.484 e. The summed E-state index contributed by atoms with van der Waals surface area (Å²) in [5, 5.41) is 2.76. The van der Waals surface area contributed by atoms with Crippen molar-refractivity contribution in [1.82, 2.24) is 4.98 Å². The molecule has 0 saturated carbocycles. The SMILES string of the molecule is O=C(COc1cccc(F)c1)Nc1cccc(/C=C/c2ccccn2)c1. The van der Waals surface area contributed by atoms with Crippen LogP contribution in [0.1, 0.15) is 11.3 Å². The van der Waals surface area contributed by atoms with Crippen LogP contribution in [0.25, 0.3) is 12.2 Å². The van der Waals surface area contributed by atoms with Gasteiger partial charge in [0, 0.05) is 18.0 Å². The van der Waals surface area contributed by atoms with Crippen LogP contribution in [0.15, 0.2) is 72.9 Å². The summed E-state index contributed by atoms with van der Waals surface area (Å²) in [7, 11) is 0. The number of rotatable bonds is 6. The number of carbonyl (C=O) groups is 1. The molecule has 0 atom stereocenters. The van der Waals surface area contributed by atoms with E-state index in [9.17, 15) is 9.18 Å². The molecule has 0 fully saturated rings. The van der Waals surface area contributed by atoms with Crippen LogP contribution in [0.5, 0.6) is 5.75 Å². The lowest BCUT2D eigenvalue weighted by molar-refractivity contribution is -0.118. The Kier molecular flexibility index (Phi) is 5.72. The quantitative estimate of drug-likeness (QED) is 0.718. The van der Waals surface area contributed by atoms with Crippen molar-refractivity contribution in [3.8, 4) is 5.75 Å². The molecule has 0 aliphatic carbocycles. The summed E-state index contributed by atoms with van der Waals surface area (Å²) in [6.07, 6.45) is 5.55. The molecule has 0 aliphatic rings. The first-order valence-corrected chi connectivity index (χ1v) is 8.06. The predicted octanol–water partition coefficient (Wildman–Crippen LogP) is 4.41. The molecule has 4 nitrogen and oxygen atoms in total. The maximum Gasteiger partial charge on any atom is 0.262 e. The van der Waals surface area contributed by atoms with Gasteiger partial charge in [-0.15, -0.1) is 0 Å². The lowest BCUT2D eigenvalue weighted by atomic mass is 10.1. The number of halogens is 1. The molecule has 5 heteroatoms. The molecule has 0 saturated heterocycles. The average molecular weight is 348 g/mol. The van der Waals surface area contributed by atoms with E-state index in [0.29, 0.717) is 11.4 Å². The van der Waals surface area contributed by atoms with E-state index in [2.05, 4.69) is 10.3 Å². The van der Waals surface area contributed by atoms with Crippen LogP contribution >= 0.6 is 0 Å². The number of hydrogen-bond donors (Lipinski definition) is 1. The van der Waals surface area contributed by atoms with E-state index < -0.39 is 5.82 Å². The molecule has 2 aromatic carbocycles. The van der Waals surface area contributed by atoms with Crippen LogP contribution in [0.2, 0.25) is 0 Å². The van der Waals surface area contributed by atoms with E-state index in [1.165, 1.54) is 18.2 Å². The summed E-state index contributed by atoms with van der Waals surface area (Å²) in [5.74, 6) is -0.414. The Morgan fingerprint density at radius 3 is 2.73 bits per heavy atom. The minimum absolute atomic E-state index is 0.197. The molecule has 1 aromatic heterocycles. The highest BCUT2D eigenvalue weighted by Crippen LogP contribution is 2.14. The standard InChI is InChI=1S/C21H17FN2O2/c22-17-6-4-9-20(14-17)26-15-21(25)24-19-8-3-5-16(13-19)10-11-18-7-1-2-12-23-18/h1-14H,15H2,(H,24,25)/b11-10+. The number of amides is 1. The Morgan fingerprint density at radius 1 is 1.04 bits per heavy atom. The number of benzene rings is 2. The Balaban J connectivity index is 1.57. The number of carbonyl (C=O) groups excluding carboxylic acids is 1. The number of nitrogens with one attached hydrogen (secondary N) is 1. The molecule has 0 spiro atoms.